The van der Waals surface area contributed by atoms with Crippen molar-refractivity contribution in [1.82, 2.24) is 19.4 Å². The zero-order chi connectivity index (χ0) is 35.8. The van der Waals surface area contributed by atoms with Crippen molar-refractivity contribution in [2.75, 3.05) is 6.61 Å². The third-order valence-corrected chi connectivity index (χ3v) is 8.37. The van der Waals surface area contributed by atoms with Gasteiger partial charge in [-0.25, -0.2) is 4.98 Å². The summed E-state index contributed by atoms with van der Waals surface area (Å²) in [4.78, 5) is 38.9. The van der Waals surface area contributed by atoms with E-state index in [-0.39, 0.29) is 30.2 Å². The molecule has 0 aliphatic heterocycles. The van der Waals surface area contributed by atoms with Crippen LogP contribution in [0.15, 0.2) is 132 Å². The topological polar surface area (TPSA) is 86.6 Å². The molecule has 0 fully saturated rings. The number of pyridine rings is 1. The van der Waals surface area contributed by atoms with Crippen LogP contribution in [0.4, 0.5) is 13.2 Å². The van der Waals surface area contributed by atoms with Gasteiger partial charge >= 0.3 is 6.36 Å². The Kier molecular flexibility index (Phi) is 10.7. The number of para-hydroxylation sites is 1. The van der Waals surface area contributed by atoms with Crippen LogP contribution < -0.4 is 15.0 Å². The van der Waals surface area contributed by atoms with Gasteiger partial charge in [0.2, 0.25) is 5.91 Å². The van der Waals surface area contributed by atoms with Crippen molar-refractivity contribution in [2.45, 2.75) is 45.1 Å². The Hall–Kier alpha value is -5.97. The van der Waals surface area contributed by atoms with Crippen LogP contribution in [0, 0.1) is 0 Å². The molecule has 0 radical (unpaired) electrons. The van der Waals surface area contributed by atoms with Gasteiger partial charge in [-0.15, -0.1) is 13.2 Å². The van der Waals surface area contributed by atoms with E-state index in [1.807, 2.05) is 24.3 Å². The fraction of sp³-hybridized carbons (Fsp3) is 0.200. The number of aromatic nitrogens is 3. The van der Waals surface area contributed by atoms with Crippen molar-refractivity contribution in [1.29, 1.82) is 0 Å². The predicted octanol–water partition coefficient (Wildman–Crippen LogP) is 8.02. The second kappa shape index (κ2) is 15.7. The highest BCUT2D eigenvalue weighted by atomic mass is 19.4. The number of amides is 1. The standard InChI is InChI=1S/C40H35F3N4O4/c1-28(46(27-31-11-7-23-44-26-31)37(48)25-30-15-19-34(20-16-30)51-40(41,42)43)38-45-36-14-6-5-13-35(36)39(49)47(38)32-17-21-33(22-18-32)50-24-8-12-29-9-3-2-4-10-29/h2-7,9-11,13-23,26,28H,8,12,24-25,27H2,1H3/t28-/m1/s1. The molecule has 0 aliphatic rings. The molecule has 11 heteroatoms. The first-order valence-corrected chi connectivity index (χ1v) is 16.5. The summed E-state index contributed by atoms with van der Waals surface area (Å²) in [6, 6.07) is 32.5. The molecular weight excluding hydrogens is 657 g/mol. The molecule has 0 saturated heterocycles. The van der Waals surface area contributed by atoms with Gasteiger partial charge in [-0.05, 0) is 91.1 Å². The monoisotopic (exact) mass is 692 g/mol. The highest BCUT2D eigenvalue weighted by molar-refractivity contribution is 5.80. The molecular formula is C40H35F3N4O4. The number of fused-ring (bicyclic) bond motifs is 1. The van der Waals surface area contributed by atoms with Crippen LogP contribution in [0.25, 0.3) is 16.6 Å². The van der Waals surface area contributed by atoms with Gasteiger partial charge in [-0.2, -0.15) is 0 Å². The number of benzene rings is 4. The zero-order valence-electron chi connectivity index (χ0n) is 27.8. The minimum atomic E-state index is -4.83. The van der Waals surface area contributed by atoms with Gasteiger partial charge < -0.3 is 14.4 Å². The van der Waals surface area contributed by atoms with Crippen molar-refractivity contribution in [3.8, 4) is 17.2 Å². The molecule has 1 atom stereocenters. The first kappa shape index (κ1) is 34.9. The molecule has 6 aromatic rings. The third-order valence-electron chi connectivity index (χ3n) is 8.37. The first-order chi connectivity index (χ1) is 24.6. The highest BCUT2D eigenvalue weighted by Gasteiger charge is 2.31. The molecule has 0 bridgehead atoms. The Morgan fingerprint density at radius 2 is 1.51 bits per heavy atom. The lowest BCUT2D eigenvalue weighted by Crippen LogP contribution is -2.38. The van der Waals surface area contributed by atoms with E-state index in [1.165, 1.54) is 34.4 Å². The predicted molar refractivity (Wildman–Crippen MR) is 188 cm³/mol. The molecule has 6 rings (SSSR count). The first-order valence-electron chi connectivity index (χ1n) is 16.5. The lowest BCUT2D eigenvalue weighted by Gasteiger charge is -2.31. The molecule has 1 amide bonds. The Morgan fingerprint density at radius 3 is 2.22 bits per heavy atom. The lowest BCUT2D eigenvalue weighted by atomic mass is 10.1. The molecule has 2 heterocycles. The van der Waals surface area contributed by atoms with Gasteiger partial charge in [-0.3, -0.25) is 19.1 Å². The summed E-state index contributed by atoms with van der Waals surface area (Å²) >= 11 is 0. The third kappa shape index (κ3) is 8.99. The maximum absolute atomic E-state index is 14.1. The van der Waals surface area contributed by atoms with Crippen molar-refractivity contribution in [3.63, 3.8) is 0 Å². The van der Waals surface area contributed by atoms with Gasteiger partial charge in [0.05, 0.1) is 35.7 Å². The summed E-state index contributed by atoms with van der Waals surface area (Å²) in [7, 11) is 0. The SMILES string of the molecule is C[C@H](c1nc2ccccc2c(=O)n1-c1ccc(OCCCc2ccccc2)cc1)N(Cc1cccnc1)C(=O)Cc1ccc(OC(F)(F)F)cc1. The fourth-order valence-corrected chi connectivity index (χ4v) is 5.84. The highest BCUT2D eigenvalue weighted by Crippen LogP contribution is 2.27. The molecule has 0 unspecified atom stereocenters. The van der Waals surface area contributed by atoms with Gasteiger partial charge in [0, 0.05) is 18.9 Å². The molecule has 51 heavy (non-hydrogen) atoms. The number of aryl methyl sites for hydroxylation is 1. The summed E-state index contributed by atoms with van der Waals surface area (Å²) < 4.78 is 49.6. The van der Waals surface area contributed by atoms with Crippen LogP contribution in [0.2, 0.25) is 0 Å². The molecule has 0 aliphatic carbocycles. The number of hydrogen-bond donors (Lipinski definition) is 0. The van der Waals surface area contributed by atoms with Gasteiger partial charge in [-0.1, -0.05) is 60.7 Å². The summed E-state index contributed by atoms with van der Waals surface area (Å²) in [6.07, 6.45) is 0.0631. The summed E-state index contributed by atoms with van der Waals surface area (Å²) in [5.41, 5.74) is 3.20. The van der Waals surface area contributed by atoms with E-state index in [2.05, 4.69) is 21.9 Å². The van der Waals surface area contributed by atoms with E-state index in [4.69, 9.17) is 9.72 Å². The number of nitrogens with zero attached hydrogens (tertiary/aromatic N) is 4. The second-order valence-corrected chi connectivity index (χ2v) is 12.0. The molecule has 0 N–H and O–H groups in total. The number of carbonyl (C=O) groups is 1. The number of halogens is 3. The van der Waals surface area contributed by atoms with Gasteiger partial charge in [0.25, 0.3) is 5.56 Å². The van der Waals surface area contributed by atoms with Crippen LogP contribution in [-0.4, -0.2) is 38.3 Å². The molecule has 4 aromatic carbocycles. The van der Waals surface area contributed by atoms with Crippen LogP contribution in [-0.2, 0) is 24.2 Å². The zero-order valence-corrected chi connectivity index (χ0v) is 27.8. The van der Waals surface area contributed by atoms with E-state index < -0.39 is 12.4 Å². The molecule has 260 valence electrons. The normalized spacial score (nSPS) is 12.0. The van der Waals surface area contributed by atoms with E-state index in [0.717, 1.165) is 18.4 Å². The maximum Gasteiger partial charge on any atom is 0.573 e. The maximum atomic E-state index is 14.1. The van der Waals surface area contributed by atoms with Crippen molar-refractivity contribution in [2.24, 2.45) is 0 Å². The summed E-state index contributed by atoms with van der Waals surface area (Å²) in [5, 5.41) is 0.418. The molecule has 0 spiro atoms. The summed E-state index contributed by atoms with van der Waals surface area (Å²) in [6.45, 7) is 2.46. The lowest BCUT2D eigenvalue weighted by molar-refractivity contribution is -0.274. The number of hydrogen-bond acceptors (Lipinski definition) is 6. The average Bonchev–Trinajstić information content (AvgIpc) is 3.13. The van der Waals surface area contributed by atoms with Crippen molar-refractivity contribution >= 4 is 16.8 Å². The Bertz CT molecular complexity index is 2120. The van der Waals surface area contributed by atoms with Crippen molar-refractivity contribution < 1.29 is 27.4 Å². The quantitative estimate of drug-likeness (QED) is 0.114. The largest absolute Gasteiger partial charge is 0.573 e. The second-order valence-electron chi connectivity index (χ2n) is 12.0. The van der Waals surface area contributed by atoms with Gasteiger partial charge in [0.15, 0.2) is 0 Å². The number of rotatable bonds is 13. The Morgan fingerprint density at radius 1 is 0.824 bits per heavy atom. The van der Waals surface area contributed by atoms with Crippen LogP contribution in [0.1, 0.15) is 41.9 Å². The Labute approximate surface area is 292 Å². The fourth-order valence-electron chi connectivity index (χ4n) is 5.84. The molecule has 8 nitrogen and oxygen atoms in total. The minimum Gasteiger partial charge on any atom is -0.494 e. The minimum absolute atomic E-state index is 0.120. The smallest absolute Gasteiger partial charge is 0.494 e. The van der Waals surface area contributed by atoms with Crippen LogP contribution in [0.5, 0.6) is 11.5 Å². The van der Waals surface area contributed by atoms with Crippen LogP contribution in [0.3, 0.4) is 0 Å². The van der Waals surface area contributed by atoms with Gasteiger partial charge in [0.1, 0.15) is 17.3 Å². The molecule has 0 saturated carbocycles. The van der Waals surface area contributed by atoms with Crippen molar-refractivity contribution in [3.05, 3.63) is 161 Å². The van der Waals surface area contributed by atoms with E-state index in [9.17, 15) is 22.8 Å². The van der Waals surface area contributed by atoms with Crippen LogP contribution >= 0.6 is 0 Å². The average molecular weight is 693 g/mol. The Balaban J connectivity index is 1.30. The number of carbonyl (C=O) groups excluding carboxylic acids is 1. The number of alkyl halides is 3. The summed E-state index contributed by atoms with van der Waals surface area (Å²) in [5.74, 6) is 0.279. The van der Waals surface area contributed by atoms with E-state index >= 15 is 0 Å². The van der Waals surface area contributed by atoms with E-state index in [1.54, 1.807) is 78.8 Å². The van der Waals surface area contributed by atoms with E-state index in [0.29, 0.717) is 40.3 Å². The molecule has 2 aromatic heterocycles. The number of ether oxygens (including phenoxy) is 2.